The molecule has 0 saturated carbocycles. The molecule has 0 rings (SSSR count). The maximum absolute atomic E-state index is 8.30. The Morgan fingerprint density at radius 1 is 1.33 bits per heavy atom. The van der Waals surface area contributed by atoms with Crippen LogP contribution in [0, 0.1) is 0 Å². The minimum absolute atomic E-state index is 0.0243. The standard InChI is InChI=1S/C5H14N2O2/c6-3-5(4-7)9-2-1-8/h5,8H,1-4,6-7H2. The SMILES string of the molecule is NCC(CN)OCCO. The van der Waals surface area contributed by atoms with Crippen LogP contribution in [0.15, 0.2) is 0 Å². The van der Waals surface area contributed by atoms with Gasteiger partial charge in [0.25, 0.3) is 0 Å². The second-order valence-corrected chi connectivity index (χ2v) is 1.69. The average molecular weight is 134 g/mol. The van der Waals surface area contributed by atoms with Gasteiger partial charge in [-0.25, -0.2) is 0 Å². The minimum atomic E-state index is -0.0999. The molecule has 4 heteroatoms. The molecule has 0 amide bonds. The van der Waals surface area contributed by atoms with Crippen LogP contribution >= 0.6 is 0 Å². The van der Waals surface area contributed by atoms with Gasteiger partial charge in [-0.2, -0.15) is 0 Å². The smallest absolute Gasteiger partial charge is 0.0820 e. The Hall–Kier alpha value is -0.160. The number of rotatable bonds is 5. The van der Waals surface area contributed by atoms with Gasteiger partial charge in [-0.3, -0.25) is 0 Å². The molecule has 0 heterocycles. The van der Waals surface area contributed by atoms with Crippen molar-refractivity contribution in [1.29, 1.82) is 0 Å². The number of nitrogens with two attached hydrogens (primary N) is 2. The molecule has 0 aromatic carbocycles. The Bertz CT molecular complexity index is 56.9. The summed E-state index contributed by atoms with van der Waals surface area (Å²) in [6.45, 7) is 1.17. The molecule has 0 spiro atoms. The van der Waals surface area contributed by atoms with Gasteiger partial charge in [0.05, 0.1) is 19.3 Å². The Labute approximate surface area is 54.8 Å². The molecule has 0 aliphatic heterocycles. The Kier molecular flexibility index (Phi) is 5.86. The quantitative estimate of drug-likeness (QED) is 0.418. The first-order valence-electron chi connectivity index (χ1n) is 2.97. The van der Waals surface area contributed by atoms with Gasteiger partial charge >= 0.3 is 0 Å². The van der Waals surface area contributed by atoms with E-state index in [1.165, 1.54) is 0 Å². The summed E-state index contributed by atoms with van der Waals surface area (Å²) in [5.74, 6) is 0. The lowest BCUT2D eigenvalue weighted by molar-refractivity contribution is 0.0387. The fourth-order valence-electron chi connectivity index (χ4n) is 0.452. The molecule has 0 saturated heterocycles. The van der Waals surface area contributed by atoms with Gasteiger partial charge in [-0.15, -0.1) is 0 Å². The van der Waals surface area contributed by atoms with Crippen molar-refractivity contribution in [3.05, 3.63) is 0 Å². The van der Waals surface area contributed by atoms with Crippen LogP contribution in [0.3, 0.4) is 0 Å². The average Bonchev–Trinajstić information content (AvgIpc) is 1.91. The van der Waals surface area contributed by atoms with Gasteiger partial charge < -0.3 is 21.3 Å². The summed E-state index contributed by atoms with van der Waals surface area (Å²) in [6, 6.07) is 0. The fraction of sp³-hybridized carbons (Fsp3) is 1.00. The molecule has 0 aliphatic carbocycles. The largest absolute Gasteiger partial charge is 0.394 e. The van der Waals surface area contributed by atoms with Crippen LogP contribution in [0.2, 0.25) is 0 Å². The molecule has 0 atom stereocenters. The van der Waals surface area contributed by atoms with E-state index in [-0.39, 0.29) is 12.7 Å². The molecule has 0 unspecified atom stereocenters. The highest BCUT2D eigenvalue weighted by molar-refractivity contribution is 4.57. The minimum Gasteiger partial charge on any atom is -0.394 e. The van der Waals surface area contributed by atoms with Gasteiger partial charge in [0.2, 0.25) is 0 Å². The van der Waals surface area contributed by atoms with Crippen LogP contribution in [-0.2, 0) is 4.74 Å². The summed E-state index contributed by atoms with van der Waals surface area (Å²) in [4.78, 5) is 0. The molecule has 5 N–H and O–H groups in total. The summed E-state index contributed by atoms with van der Waals surface area (Å²) < 4.78 is 4.99. The van der Waals surface area contributed by atoms with Crippen molar-refractivity contribution in [1.82, 2.24) is 0 Å². The van der Waals surface area contributed by atoms with Crippen molar-refractivity contribution in [2.24, 2.45) is 11.5 Å². The fourth-order valence-corrected chi connectivity index (χ4v) is 0.452. The molecule has 0 bridgehead atoms. The van der Waals surface area contributed by atoms with Crippen molar-refractivity contribution in [2.45, 2.75) is 6.10 Å². The predicted octanol–water partition coefficient (Wildman–Crippen LogP) is -1.72. The van der Waals surface area contributed by atoms with Gasteiger partial charge in [0.15, 0.2) is 0 Å². The molecule has 4 nitrogen and oxygen atoms in total. The number of hydrogen-bond acceptors (Lipinski definition) is 4. The third kappa shape index (κ3) is 4.35. The summed E-state index contributed by atoms with van der Waals surface area (Å²) in [6.07, 6.45) is -0.0999. The van der Waals surface area contributed by atoms with Crippen molar-refractivity contribution in [3.8, 4) is 0 Å². The van der Waals surface area contributed by atoms with Crippen molar-refractivity contribution >= 4 is 0 Å². The van der Waals surface area contributed by atoms with E-state index in [2.05, 4.69) is 0 Å². The van der Waals surface area contributed by atoms with Gasteiger partial charge in [0, 0.05) is 13.1 Å². The molecular weight excluding hydrogens is 120 g/mol. The Balaban J connectivity index is 3.09. The summed E-state index contributed by atoms with van der Waals surface area (Å²) in [5, 5.41) is 8.30. The van der Waals surface area contributed by atoms with Crippen LogP contribution in [0.1, 0.15) is 0 Å². The maximum Gasteiger partial charge on any atom is 0.0820 e. The Morgan fingerprint density at radius 3 is 2.22 bits per heavy atom. The van der Waals surface area contributed by atoms with Crippen molar-refractivity contribution in [3.63, 3.8) is 0 Å². The third-order valence-electron chi connectivity index (χ3n) is 0.971. The van der Waals surface area contributed by atoms with Crippen LogP contribution in [0.4, 0.5) is 0 Å². The zero-order chi connectivity index (χ0) is 7.11. The summed E-state index contributed by atoms with van der Waals surface area (Å²) in [5.41, 5.74) is 10.5. The third-order valence-corrected chi connectivity index (χ3v) is 0.971. The summed E-state index contributed by atoms with van der Waals surface area (Å²) in [7, 11) is 0. The first kappa shape index (κ1) is 8.84. The molecule has 0 aliphatic rings. The molecule has 0 fully saturated rings. The lowest BCUT2D eigenvalue weighted by Gasteiger charge is -2.11. The molecule has 0 radical (unpaired) electrons. The number of aliphatic hydroxyl groups is 1. The number of aliphatic hydroxyl groups excluding tert-OH is 1. The van der Waals surface area contributed by atoms with Crippen molar-refractivity contribution in [2.75, 3.05) is 26.3 Å². The van der Waals surface area contributed by atoms with Gasteiger partial charge in [-0.1, -0.05) is 0 Å². The van der Waals surface area contributed by atoms with E-state index in [9.17, 15) is 0 Å². The number of hydrogen-bond donors (Lipinski definition) is 3. The zero-order valence-corrected chi connectivity index (χ0v) is 5.42. The van der Waals surface area contributed by atoms with E-state index in [1.807, 2.05) is 0 Å². The first-order chi connectivity index (χ1) is 4.35. The highest BCUT2D eigenvalue weighted by atomic mass is 16.5. The lowest BCUT2D eigenvalue weighted by Crippen LogP contribution is -2.32. The topological polar surface area (TPSA) is 81.5 Å². The van der Waals surface area contributed by atoms with Gasteiger partial charge in [-0.05, 0) is 0 Å². The van der Waals surface area contributed by atoms with Crippen LogP contribution < -0.4 is 11.5 Å². The molecule has 0 aromatic rings. The number of ether oxygens (including phenoxy) is 1. The van der Waals surface area contributed by atoms with Gasteiger partial charge in [0.1, 0.15) is 0 Å². The second-order valence-electron chi connectivity index (χ2n) is 1.69. The van der Waals surface area contributed by atoms with Crippen molar-refractivity contribution < 1.29 is 9.84 Å². The van der Waals surface area contributed by atoms with E-state index in [0.717, 1.165) is 0 Å². The summed E-state index contributed by atoms with van der Waals surface area (Å²) >= 11 is 0. The molecule has 56 valence electrons. The van der Waals surface area contributed by atoms with E-state index < -0.39 is 0 Å². The van der Waals surface area contributed by atoms with E-state index >= 15 is 0 Å². The monoisotopic (exact) mass is 134 g/mol. The van der Waals surface area contributed by atoms with Crippen LogP contribution in [0.5, 0.6) is 0 Å². The van der Waals surface area contributed by atoms with E-state index in [0.29, 0.717) is 19.7 Å². The Morgan fingerprint density at radius 2 is 1.89 bits per heavy atom. The zero-order valence-electron chi connectivity index (χ0n) is 5.42. The second kappa shape index (κ2) is 5.97. The first-order valence-corrected chi connectivity index (χ1v) is 2.97. The van der Waals surface area contributed by atoms with Crippen LogP contribution in [-0.4, -0.2) is 37.5 Å². The highest BCUT2D eigenvalue weighted by Crippen LogP contribution is 1.83. The highest BCUT2D eigenvalue weighted by Gasteiger charge is 2.01. The molecular formula is C5H14N2O2. The normalized spacial score (nSPS) is 10.7. The van der Waals surface area contributed by atoms with Crippen LogP contribution in [0.25, 0.3) is 0 Å². The van der Waals surface area contributed by atoms with E-state index in [4.69, 9.17) is 21.3 Å². The lowest BCUT2D eigenvalue weighted by atomic mass is 10.4. The molecule has 9 heavy (non-hydrogen) atoms. The van der Waals surface area contributed by atoms with E-state index in [1.54, 1.807) is 0 Å². The maximum atomic E-state index is 8.30. The molecule has 0 aromatic heterocycles. The predicted molar refractivity (Wildman–Crippen MR) is 34.9 cm³/mol.